The van der Waals surface area contributed by atoms with Crippen LogP contribution in [0.1, 0.15) is 34.0 Å². The average Bonchev–Trinajstić information content (AvgIpc) is 3.19. The maximum atomic E-state index is 12.3. The summed E-state index contributed by atoms with van der Waals surface area (Å²) in [5, 5.41) is 0. The summed E-state index contributed by atoms with van der Waals surface area (Å²) in [5.74, 6) is 0.704. The first kappa shape index (κ1) is 11.1. The molecule has 1 fully saturated rings. The molecule has 2 nitrogen and oxygen atoms in total. The smallest absolute Gasteiger partial charge is 0.184 e. The molecule has 90 valence electrons. The number of Topliss-reactive ketones (excluding diaryl/α,β-unsaturated/α-hetero) is 1. The van der Waals surface area contributed by atoms with Crippen LogP contribution in [0.15, 0.2) is 48.7 Å². The first-order valence-corrected chi connectivity index (χ1v) is 6.27. The van der Waals surface area contributed by atoms with E-state index in [1.807, 2.05) is 37.3 Å². The van der Waals surface area contributed by atoms with E-state index in [2.05, 4.69) is 17.1 Å². The Morgan fingerprint density at radius 3 is 2.72 bits per heavy atom. The molecule has 0 aliphatic heterocycles. The molecule has 1 heterocycles. The molecule has 0 radical (unpaired) electrons. The van der Waals surface area contributed by atoms with Crippen LogP contribution in [0.2, 0.25) is 0 Å². The maximum absolute atomic E-state index is 12.3. The summed E-state index contributed by atoms with van der Waals surface area (Å²) in [6.45, 7) is 1.99. The Balaban J connectivity index is 1.77. The van der Waals surface area contributed by atoms with Gasteiger partial charge in [-0.05, 0) is 42.5 Å². The molecule has 0 bridgehead atoms. The minimum Gasteiger partial charge on any atom is -0.292 e. The Kier molecular flexibility index (Phi) is 2.71. The van der Waals surface area contributed by atoms with E-state index in [4.69, 9.17) is 0 Å². The van der Waals surface area contributed by atoms with Crippen molar-refractivity contribution in [2.24, 2.45) is 5.92 Å². The Labute approximate surface area is 107 Å². The lowest BCUT2D eigenvalue weighted by atomic mass is 10.1. The summed E-state index contributed by atoms with van der Waals surface area (Å²) in [6, 6.07) is 14.1. The zero-order valence-electron chi connectivity index (χ0n) is 10.3. The Morgan fingerprint density at radius 2 is 2.00 bits per heavy atom. The lowest BCUT2D eigenvalue weighted by molar-refractivity contribution is 0.0960. The topological polar surface area (TPSA) is 30.0 Å². The van der Waals surface area contributed by atoms with Crippen molar-refractivity contribution in [1.29, 1.82) is 0 Å². The highest BCUT2D eigenvalue weighted by Gasteiger charge is 2.44. The van der Waals surface area contributed by atoms with Crippen molar-refractivity contribution in [3.63, 3.8) is 0 Å². The quantitative estimate of drug-likeness (QED) is 0.766. The number of hydrogen-bond donors (Lipinski definition) is 0. The molecule has 2 aromatic rings. The maximum Gasteiger partial charge on any atom is 0.184 e. The SMILES string of the molecule is Cc1ccnc(C(=O)C2CC2c2ccccc2)c1. The van der Waals surface area contributed by atoms with Gasteiger partial charge in [0.25, 0.3) is 0 Å². The second kappa shape index (κ2) is 4.37. The fraction of sp³-hybridized carbons (Fsp3) is 0.250. The number of aryl methyl sites for hydroxylation is 1. The molecule has 1 aromatic carbocycles. The van der Waals surface area contributed by atoms with Crippen molar-refractivity contribution in [3.05, 3.63) is 65.5 Å². The lowest BCUT2D eigenvalue weighted by Crippen LogP contribution is -2.05. The summed E-state index contributed by atoms with van der Waals surface area (Å²) in [6.07, 6.45) is 2.67. The lowest BCUT2D eigenvalue weighted by Gasteiger charge is -2.01. The van der Waals surface area contributed by atoms with Gasteiger partial charge in [-0.3, -0.25) is 9.78 Å². The molecular formula is C16H15NO. The van der Waals surface area contributed by atoms with Crippen LogP contribution in [0.25, 0.3) is 0 Å². The molecule has 2 unspecified atom stereocenters. The van der Waals surface area contributed by atoms with E-state index >= 15 is 0 Å². The van der Waals surface area contributed by atoms with E-state index in [-0.39, 0.29) is 11.7 Å². The number of hydrogen-bond acceptors (Lipinski definition) is 2. The minimum absolute atomic E-state index is 0.127. The van der Waals surface area contributed by atoms with Crippen LogP contribution in [0, 0.1) is 12.8 Å². The van der Waals surface area contributed by atoms with Crippen LogP contribution in [0.3, 0.4) is 0 Å². The molecule has 1 aliphatic rings. The van der Waals surface area contributed by atoms with Gasteiger partial charge in [-0.1, -0.05) is 30.3 Å². The average molecular weight is 237 g/mol. The molecule has 2 heteroatoms. The van der Waals surface area contributed by atoms with Crippen LogP contribution in [0.5, 0.6) is 0 Å². The molecule has 1 aromatic heterocycles. The number of aromatic nitrogens is 1. The Bertz CT molecular complexity index is 577. The fourth-order valence-corrected chi connectivity index (χ4v) is 2.41. The third kappa shape index (κ3) is 2.06. The zero-order valence-corrected chi connectivity index (χ0v) is 10.3. The number of nitrogens with zero attached hydrogens (tertiary/aromatic N) is 1. The van der Waals surface area contributed by atoms with Gasteiger partial charge in [-0.2, -0.15) is 0 Å². The van der Waals surface area contributed by atoms with E-state index in [1.165, 1.54) is 5.56 Å². The minimum atomic E-state index is 0.127. The van der Waals surface area contributed by atoms with Gasteiger partial charge >= 0.3 is 0 Å². The van der Waals surface area contributed by atoms with Crippen LogP contribution in [-0.2, 0) is 0 Å². The number of carbonyl (C=O) groups excluding carboxylic acids is 1. The van der Waals surface area contributed by atoms with Crippen LogP contribution < -0.4 is 0 Å². The molecule has 0 N–H and O–H groups in total. The summed E-state index contributed by atoms with van der Waals surface area (Å²) in [4.78, 5) is 16.5. The molecule has 1 aliphatic carbocycles. The highest BCUT2D eigenvalue weighted by Crippen LogP contribution is 2.48. The van der Waals surface area contributed by atoms with Crippen molar-refractivity contribution in [2.75, 3.05) is 0 Å². The van der Waals surface area contributed by atoms with Gasteiger partial charge in [0.15, 0.2) is 5.78 Å². The molecule has 3 rings (SSSR count). The molecule has 0 saturated heterocycles. The summed E-state index contributed by atoms with van der Waals surface area (Å²) >= 11 is 0. The third-order valence-corrected chi connectivity index (χ3v) is 3.52. The highest BCUT2D eigenvalue weighted by molar-refractivity contribution is 5.98. The van der Waals surface area contributed by atoms with E-state index in [1.54, 1.807) is 6.20 Å². The highest BCUT2D eigenvalue weighted by atomic mass is 16.1. The largest absolute Gasteiger partial charge is 0.292 e. The van der Waals surface area contributed by atoms with Crippen LogP contribution in [0.4, 0.5) is 0 Å². The second-order valence-corrected chi connectivity index (χ2v) is 4.94. The van der Waals surface area contributed by atoms with Gasteiger partial charge in [0.2, 0.25) is 0 Å². The number of rotatable bonds is 3. The van der Waals surface area contributed by atoms with Crippen molar-refractivity contribution < 1.29 is 4.79 Å². The molecule has 0 spiro atoms. The van der Waals surface area contributed by atoms with Crippen LogP contribution >= 0.6 is 0 Å². The normalized spacial score (nSPS) is 21.6. The molecule has 2 atom stereocenters. The molecular weight excluding hydrogens is 222 g/mol. The zero-order chi connectivity index (χ0) is 12.5. The van der Waals surface area contributed by atoms with Gasteiger partial charge in [-0.15, -0.1) is 0 Å². The molecule has 18 heavy (non-hydrogen) atoms. The van der Waals surface area contributed by atoms with Gasteiger partial charge in [-0.25, -0.2) is 0 Å². The number of benzene rings is 1. The van der Waals surface area contributed by atoms with Crippen LogP contribution in [-0.4, -0.2) is 10.8 Å². The van der Waals surface area contributed by atoms with E-state index < -0.39 is 0 Å². The standard InChI is InChI=1S/C16H15NO/c1-11-7-8-17-15(9-11)16(18)14-10-13(14)12-5-3-2-4-6-12/h2-9,13-14H,10H2,1H3. The number of carbonyl (C=O) groups is 1. The van der Waals surface area contributed by atoms with Crippen molar-refractivity contribution >= 4 is 5.78 Å². The second-order valence-electron chi connectivity index (χ2n) is 4.94. The Hall–Kier alpha value is -1.96. The molecule has 1 saturated carbocycles. The Morgan fingerprint density at radius 1 is 1.22 bits per heavy atom. The van der Waals surface area contributed by atoms with Crippen molar-refractivity contribution in [1.82, 2.24) is 4.98 Å². The van der Waals surface area contributed by atoms with E-state index in [0.29, 0.717) is 11.6 Å². The number of ketones is 1. The third-order valence-electron chi connectivity index (χ3n) is 3.52. The van der Waals surface area contributed by atoms with Crippen molar-refractivity contribution in [2.45, 2.75) is 19.3 Å². The molecule has 0 amide bonds. The monoisotopic (exact) mass is 237 g/mol. The predicted molar refractivity (Wildman–Crippen MR) is 70.6 cm³/mol. The summed E-state index contributed by atoms with van der Waals surface area (Å²) < 4.78 is 0. The first-order chi connectivity index (χ1) is 8.75. The van der Waals surface area contributed by atoms with Gasteiger partial charge in [0.1, 0.15) is 5.69 Å². The summed E-state index contributed by atoms with van der Waals surface area (Å²) in [7, 11) is 0. The van der Waals surface area contributed by atoms with E-state index in [0.717, 1.165) is 12.0 Å². The number of pyridine rings is 1. The predicted octanol–water partition coefficient (Wildman–Crippen LogP) is 3.38. The van der Waals surface area contributed by atoms with Gasteiger partial charge < -0.3 is 0 Å². The van der Waals surface area contributed by atoms with Gasteiger partial charge in [0.05, 0.1) is 0 Å². The fourth-order valence-electron chi connectivity index (χ4n) is 2.41. The first-order valence-electron chi connectivity index (χ1n) is 6.27. The van der Waals surface area contributed by atoms with E-state index in [9.17, 15) is 4.79 Å². The van der Waals surface area contributed by atoms with Crippen molar-refractivity contribution in [3.8, 4) is 0 Å². The van der Waals surface area contributed by atoms with Gasteiger partial charge in [0, 0.05) is 12.1 Å². The summed E-state index contributed by atoms with van der Waals surface area (Å²) in [5.41, 5.74) is 2.96.